The number of esters is 2. The second kappa shape index (κ2) is 7.26. The first-order valence-corrected chi connectivity index (χ1v) is 7.47. The van der Waals surface area contributed by atoms with E-state index in [1.807, 2.05) is 24.3 Å². The van der Waals surface area contributed by atoms with E-state index in [9.17, 15) is 9.59 Å². The summed E-state index contributed by atoms with van der Waals surface area (Å²) in [5.74, 6) is -1.22. The van der Waals surface area contributed by atoms with Gasteiger partial charge >= 0.3 is 11.9 Å². The van der Waals surface area contributed by atoms with Crippen molar-refractivity contribution in [1.82, 2.24) is 0 Å². The van der Waals surface area contributed by atoms with Gasteiger partial charge in [-0.1, -0.05) is 18.2 Å². The molecule has 114 valence electrons. The number of hydrogen-bond donors (Lipinski definition) is 0. The molecule has 1 aromatic carbocycles. The van der Waals surface area contributed by atoms with Gasteiger partial charge in [0.25, 0.3) is 0 Å². The van der Waals surface area contributed by atoms with Crippen molar-refractivity contribution >= 4 is 40.2 Å². The number of carbonyl (C=O) groups excluding carboxylic acids is 2. The summed E-state index contributed by atoms with van der Waals surface area (Å²) >= 11 is 2.17. The number of ether oxygens (including phenoxy) is 2. The number of rotatable bonds is 3. The Morgan fingerprint density at radius 1 is 1.05 bits per heavy atom. The first-order valence-electron chi connectivity index (χ1n) is 6.39. The molecular weight excluding hydrogens is 397 g/mol. The third-order valence-corrected chi connectivity index (χ3v) is 3.91. The van der Waals surface area contributed by atoms with Crippen LogP contribution in [0.4, 0.5) is 5.69 Å². The smallest absolute Gasteiger partial charge is 0.355 e. The van der Waals surface area contributed by atoms with Crippen molar-refractivity contribution in [1.29, 1.82) is 0 Å². The molecule has 1 aliphatic heterocycles. The molecule has 1 aromatic rings. The topological polar surface area (TPSA) is 55.8 Å². The molecule has 0 aromatic heterocycles. The molecule has 0 aliphatic carbocycles. The monoisotopic (exact) mass is 411 g/mol. The van der Waals surface area contributed by atoms with Crippen LogP contribution in [0.5, 0.6) is 0 Å². The van der Waals surface area contributed by atoms with Gasteiger partial charge in [-0.2, -0.15) is 0 Å². The van der Waals surface area contributed by atoms with Crippen LogP contribution in [0.2, 0.25) is 0 Å². The van der Waals surface area contributed by atoms with Gasteiger partial charge in [0, 0.05) is 9.77 Å². The van der Waals surface area contributed by atoms with Crippen LogP contribution in [-0.4, -0.2) is 26.2 Å². The van der Waals surface area contributed by atoms with E-state index in [1.165, 1.54) is 20.3 Å². The average molecular weight is 411 g/mol. The van der Waals surface area contributed by atoms with Gasteiger partial charge in [0.2, 0.25) is 0 Å². The van der Waals surface area contributed by atoms with E-state index >= 15 is 0 Å². The molecule has 1 heterocycles. The Labute approximate surface area is 142 Å². The number of allylic oxidation sites excluding steroid dienone is 2. The van der Waals surface area contributed by atoms with Crippen molar-refractivity contribution in [3.63, 3.8) is 0 Å². The molecule has 0 saturated carbocycles. The van der Waals surface area contributed by atoms with Crippen LogP contribution >= 0.6 is 22.6 Å². The zero-order chi connectivity index (χ0) is 16.1. The summed E-state index contributed by atoms with van der Waals surface area (Å²) in [4.78, 5) is 25.9. The van der Waals surface area contributed by atoms with E-state index in [-0.39, 0.29) is 11.3 Å². The molecule has 6 heteroatoms. The summed E-state index contributed by atoms with van der Waals surface area (Å²) < 4.78 is 10.5. The lowest BCUT2D eigenvalue weighted by Gasteiger charge is -2.24. The highest BCUT2D eigenvalue weighted by Crippen LogP contribution is 2.29. The Kier molecular flexibility index (Phi) is 5.37. The molecule has 0 N–H and O–H groups in total. The number of hydrogen-bond acceptors (Lipinski definition) is 5. The second-order valence-electron chi connectivity index (χ2n) is 4.27. The van der Waals surface area contributed by atoms with Gasteiger partial charge in [0.1, 0.15) is 5.70 Å². The fourth-order valence-corrected chi connectivity index (χ4v) is 2.65. The van der Waals surface area contributed by atoms with Crippen molar-refractivity contribution < 1.29 is 19.1 Å². The molecule has 0 bridgehead atoms. The summed E-state index contributed by atoms with van der Waals surface area (Å²) in [6, 6.07) is 7.52. The van der Waals surface area contributed by atoms with Gasteiger partial charge in [-0.3, -0.25) is 0 Å². The SMILES string of the molecule is COC(=O)C1=C(C(=O)OC)N(c2ccccc2I)C=CC=C1. The van der Waals surface area contributed by atoms with Crippen molar-refractivity contribution in [2.45, 2.75) is 0 Å². The van der Waals surface area contributed by atoms with Crippen LogP contribution in [0.25, 0.3) is 0 Å². The Morgan fingerprint density at radius 2 is 1.73 bits per heavy atom. The first-order chi connectivity index (χ1) is 10.6. The highest BCUT2D eigenvalue weighted by atomic mass is 127. The van der Waals surface area contributed by atoms with Gasteiger partial charge in [-0.05, 0) is 46.9 Å². The molecule has 0 fully saturated rings. The van der Waals surface area contributed by atoms with Crippen molar-refractivity contribution in [2.75, 3.05) is 19.1 Å². The van der Waals surface area contributed by atoms with Gasteiger partial charge < -0.3 is 14.4 Å². The molecular formula is C16H14INO4. The minimum atomic E-state index is -0.615. The van der Waals surface area contributed by atoms with Crippen LogP contribution in [0.1, 0.15) is 0 Å². The van der Waals surface area contributed by atoms with E-state index in [0.717, 1.165) is 9.26 Å². The second-order valence-corrected chi connectivity index (χ2v) is 5.43. The molecule has 1 aliphatic rings. The summed E-state index contributed by atoms with van der Waals surface area (Å²) in [6.45, 7) is 0. The quantitative estimate of drug-likeness (QED) is 0.566. The highest BCUT2D eigenvalue weighted by Gasteiger charge is 2.28. The van der Waals surface area contributed by atoms with Crippen molar-refractivity contribution in [3.8, 4) is 0 Å². The maximum atomic E-state index is 12.2. The van der Waals surface area contributed by atoms with Gasteiger partial charge in [-0.25, -0.2) is 9.59 Å². The molecule has 0 amide bonds. The molecule has 0 radical (unpaired) electrons. The Hall–Kier alpha value is -2.09. The van der Waals surface area contributed by atoms with Gasteiger partial charge in [0.15, 0.2) is 0 Å². The molecule has 5 nitrogen and oxygen atoms in total. The van der Waals surface area contributed by atoms with E-state index in [2.05, 4.69) is 22.6 Å². The van der Waals surface area contributed by atoms with E-state index in [1.54, 1.807) is 23.3 Å². The Balaban J connectivity index is 2.67. The van der Waals surface area contributed by atoms with Crippen LogP contribution in [0.15, 0.2) is 60.0 Å². The summed E-state index contributed by atoms with van der Waals surface area (Å²) in [5.41, 5.74) is 1.02. The molecule has 22 heavy (non-hydrogen) atoms. The summed E-state index contributed by atoms with van der Waals surface area (Å²) in [7, 11) is 2.55. The molecule has 0 unspecified atom stereocenters. The van der Waals surface area contributed by atoms with Gasteiger partial charge in [-0.15, -0.1) is 0 Å². The maximum Gasteiger partial charge on any atom is 0.355 e. The predicted octanol–water partition coefficient (Wildman–Crippen LogP) is 2.78. The minimum absolute atomic E-state index is 0.114. The normalized spacial score (nSPS) is 13.9. The molecule has 0 atom stereocenters. The molecule has 2 rings (SSSR count). The highest BCUT2D eigenvalue weighted by molar-refractivity contribution is 14.1. The lowest BCUT2D eigenvalue weighted by atomic mass is 10.1. The van der Waals surface area contributed by atoms with Crippen molar-refractivity contribution in [2.24, 2.45) is 0 Å². The van der Waals surface area contributed by atoms with E-state index in [4.69, 9.17) is 9.47 Å². The number of nitrogens with zero attached hydrogens (tertiary/aromatic N) is 1. The van der Waals surface area contributed by atoms with Gasteiger partial charge in [0.05, 0.1) is 25.5 Å². The number of anilines is 1. The largest absolute Gasteiger partial charge is 0.465 e. The number of methoxy groups -OCH3 is 2. The number of benzene rings is 1. The lowest BCUT2D eigenvalue weighted by molar-refractivity contribution is -0.139. The summed E-state index contributed by atoms with van der Waals surface area (Å²) in [5, 5.41) is 0. The number of halogens is 1. The van der Waals surface area contributed by atoms with Crippen LogP contribution in [0, 0.1) is 3.57 Å². The van der Waals surface area contributed by atoms with Crippen molar-refractivity contribution in [3.05, 3.63) is 63.5 Å². The molecule has 0 spiro atoms. The first kappa shape index (κ1) is 16.3. The zero-order valence-corrected chi connectivity index (χ0v) is 14.2. The average Bonchev–Trinajstić information content (AvgIpc) is 2.76. The lowest BCUT2D eigenvalue weighted by Crippen LogP contribution is -2.27. The van der Waals surface area contributed by atoms with E-state index < -0.39 is 11.9 Å². The molecule has 0 saturated heterocycles. The standard InChI is InChI=1S/C16H14INO4/c1-21-15(19)11-7-5-6-10-18(14(11)16(20)22-2)13-9-4-3-8-12(13)17/h3-10H,1-2H3. The number of para-hydroxylation sites is 1. The Morgan fingerprint density at radius 3 is 2.36 bits per heavy atom. The summed E-state index contributed by atoms with van der Waals surface area (Å²) in [6.07, 6.45) is 6.65. The van der Waals surface area contributed by atoms with Crippen LogP contribution in [-0.2, 0) is 19.1 Å². The minimum Gasteiger partial charge on any atom is -0.465 e. The van der Waals surface area contributed by atoms with E-state index in [0.29, 0.717) is 0 Å². The predicted molar refractivity (Wildman–Crippen MR) is 91.0 cm³/mol. The Bertz CT molecular complexity index is 691. The zero-order valence-electron chi connectivity index (χ0n) is 12.1. The van der Waals surface area contributed by atoms with Crippen LogP contribution < -0.4 is 4.90 Å². The number of carbonyl (C=O) groups is 2. The third-order valence-electron chi connectivity index (χ3n) is 3.00. The fourth-order valence-electron chi connectivity index (χ4n) is 2.00. The maximum absolute atomic E-state index is 12.2. The van der Waals surface area contributed by atoms with Crippen LogP contribution in [0.3, 0.4) is 0 Å². The third kappa shape index (κ3) is 3.22. The fraction of sp³-hybridized carbons (Fsp3) is 0.125.